The molecule has 0 aliphatic carbocycles. The maximum Gasteiger partial charge on any atom is 0.264 e. The van der Waals surface area contributed by atoms with E-state index in [2.05, 4.69) is 5.32 Å². The number of sulfonamides is 1. The number of ether oxygens (including phenoxy) is 1. The smallest absolute Gasteiger partial charge is 0.264 e. The molecule has 152 valence electrons. The van der Waals surface area contributed by atoms with Crippen LogP contribution >= 0.6 is 0 Å². The molecule has 0 radical (unpaired) electrons. The molecule has 0 heterocycles. The third-order valence-electron chi connectivity index (χ3n) is 4.23. The van der Waals surface area contributed by atoms with Crippen molar-refractivity contribution in [1.82, 2.24) is 5.32 Å². The summed E-state index contributed by atoms with van der Waals surface area (Å²) in [5.41, 5.74) is 1.96. The van der Waals surface area contributed by atoms with Crippen LogP contribution in [0.5, 0.6) is 0 Å². The molecule has 7 heteroatoms. The fourth-order valence-corrected chi connectivity index (χ4v) is 3.72. The summed E-state index contributed by atoms with van der Waals surface area (Å²) in [4.78, 5) is 12.4. The number of amides is 1. The van der Waals surface area contributed by atoms with E-state index in [9.17, 15) is 13.2 Å². The molecule has 6 nitrogen and oxygen atoms in total. The van der Waals surface area contributed by atoms with E-state index < -0.39 is 10.0 Å². The van der Waals surface area contributed by atoms with Gasteiger partial charge in [0.1, 0.15) is 0 Å². The van der Waals surface area contributed by atoms with Crippen LogP contribution in [0.3, 0.4) is 0 Å². The zero-order valence-electron chi connectivity index (χ0n) is 16.8. The Labute approximate surface area is 167 Å². The molecule has 0 saturated carbocycles. The third-order valence-corrected chi connectivity index (χ3v) is 6.03. The predicted molar refractivity (Wildman–Crippen MR) is 111 cm³/mol. The maximum atomic E-state index is 12.7. The molecule has 0 bridgehead atoms. The Kier molecular flexibility index (Phi) is 7.60. The lowest BCUT2D eigenvalue weighted by Gasteiger charge is -2.20. The van der Waals surface area contributed by atoms with Crippen molar-refractivity contribution in [2.75, 3.05) is 24.5 Å². The molecule has 2 rings (SSSR count). The van der Waals surface area contributed by atoms with Gasteiger partial charge in [0.05, 0.1) is 16.7 Å². The molecule has 0 spiro atoms. The van der Waals surface area contributed by atoms with Crippen LogP contribution in [0, 0.1) is 6.92 Å². The second-order valence-electron chi connectivity index (χ2n) is 6.86. The molecule has 1 N–H and O–H groups in total. The van der Waals surface area contributed by atoms with Gasteiger partial charge in [-0.15, -0.1) is 0 Å². The van der Waals surface area contributed by atoms with Crippen molar-refractivity contribution in [3.05, 3.63) is 59.7 Å². The van der Waals surface area contributed by atoms with Crippen LogP contribution < -0.4 is 9.62 Å². The highest BCUT2D eigenvalue weighted by Gasteiger charge is 2.21. The Balaban J connectivity index is 1.99. The van der Waals surface area contributed by atoms with Gasteiger partial charge in [0.25, 0.3) is 15.9 Å². The number of nitrogens with one attached hydrogen (secondary N) is 1. The third kappa shape index (κ3) is 5.81. The van der Waals surface area contributed by atoms with Gasteiger partial charge in [-0.05, 0) is 63.6 Å². The summed E-state index contributed by atoms with van der Waals surface area (Å²) in [7, 11) is -2.15. The standard InChI is InChI=1S/C21H28N2O4S/c1-16(2)27-15-5-14-22-21(24)18-8-10-19(11-9-18)23(4)28(25,26)20-12-6-17(3)7-13-20/h6-13,16H,5,14-15H2,1-4H3,(H,22,24). The van der Waals surface area contributed by atoms with E-state index >= 15 is 0 Å². The minimum Gasteiger partial charge on any atom is -0.379 e. The highest BCUT2D eigenvalue weighted by Crippen LogP contribution is 2.22. The van der Waals surface area contributed by atoms with Gasteiger partial charge in [-0.3, -0.25) is 9.10 Å². The predicted octanol–water partition coefficient (Wildman–Crippen LogP) is 3.37. The van der Waals surface area contributed by atoms with E-state index in [0.717, 1.165) is 12.0 Å². The van der Waals surface area contributed by atoms with E-state index in [4.69, 9.17) is 4.74 Å². The minimum absolute atomic E-state index is 0.177. The Hall–Kier alpha value is -2.38. The molecule has 1 amide bonds. The first-order valence-corrected chi connectivity index (χ1v) is 10.7. The molecule has 28 heavy (non-hydrogen) atoms. The Morgan fingerprint density at radius 1 is 1.07 bits per heavy atom. The maximum absolute atomic E-state index is 12.7. The Bertz CT molecular complexity index is 876. The van der Waals surface area contributed by atoms with Crippen molar-refractivity contribution >= 4 is 21.6 Å². The van der Waals surface area contributed by atoms with E-state index in [0.29, 0.717) is 24.4 Å². The van der Waals surface area contributed by atoms with Gasteiger partial charge in [0.15, 0.2) is 0 Å². The summed E-state index contributed by atoms with van der Waals surface area (Å²) in [6, 6.07) is 13.2. The van der Waals surface area contributed by atoms with Crippen LogP contribution in [0.1, 0.15) is 36.2 Å². The normalized spacial score (nSPS) is 11.5. The van der Waals surface area contributed by atoms with Crippen LogP contribution in [0.4, 0.5) is 5.69 Å². The van der Waals surface area contributed by atoms with E-state index in [1.807, 2.05) is 20.8 Å². The van der Waals surface area contributed by atoms with E-state index in [1.165, 1.54) is 11.4 Å². The van der Waals surface area contributed by atoms with E-state index in [-0.39, 0.29) is 16.9 Å². The topological polar surface area (TPSA) is 75.7 Å². The fourth-order valence-electron chi connectivity index (χ4n) is 2.53. The molecular weight excluding hydrogens is 376 g/mol. The highest BCUT2D eigenvalue weighted by atomic mass is 32.2. The summed E-state index contributed by atoms with van der Waals surface area (Å²) < 4.78 is 32.1. The molecule has 0 unspecified atom stereocenters. The fraction of sp³-hybridized carbons (Fsp3) is 0.381. The quantitative estimate of drug-likeness (QED) is 0.650. The van der Waals surface area contributed by atoms with Crippen LogP contribution in [-0.4, -0.2) is 40.6 Å². The molecule has 2 aromatic rings. The van der Waals surface area contributed by atoms with Crippen LogP contribution in [0.25, 0.3) is 0 Å². The zero-order valence-corrected chi connectivity index (χ0v) is 17.6. The first-order chi connectivity index (χ1) is 13.2. The van der Waals surface area contributed by atoms with Gasteiger partial charge < -0.3 is 10.1 Å². The zero-order chi connectivity index (χ0) is 20.7. The lowest BCUT2D eigenvalue weighted by atomic mass is 10.2. The second kappa shape index (κ2) is 9.71. The van der Waals surface area contributed by atoms with Crippen molar-refractivity contribution in [2.24, 2.45) is 0 Å². The van der Waals surface area contributed by atoms with Gasteiger partial charge in [0.2, 0.25) is 0 Å². The van der Waals surface area contributed by atoms with Gasteiger partial charge >= 0.3 is 0 Å². The summed E-state index contributed by atoms with van der Waals surface area (Å²) >= 11 is 0. The Morgan fingerprint density at radius 3 is 2.25 bits per heavy atom. The molecule has 0 aliphatic heterocycles. The highest BCUT2D eigenvalue weighted by molar-refractivity contribution is 7.92. The summed E-state index contributed by atoms with van der Waals surface area (Å²) in [5, 5.41) is 2.83. The summed E-state index contributed by atoms with van der Waals surface area (Å²) in [6.45, 7) is 6.96. The van der Waals surface area contributed by atoms with Crippen molar-refractivity contribution in [3.8, 4) is 0 Å². The van der Waals surface area contributed by atoms with Gasteiger partial charge in [-0.2, -0.15) is 0 Å². The molecule has 0 fully saturated rings. The van der Waals surface area contributed by atoms with Crippen LogP contribution in [0.15, 0.2) is 53.4 Å². The lowest BCUT2D eigenvalue weighted by molar-refractivity contribution is 0.0757. The van der Waals surface area contributed by atoms with Crippen molar-refractivity contribution in [2.45, 2.75) is 38.2 Å². The van der Waals surface area contributed by atoms with Gasteiger partial charge in [-0.25, -0.2) is 8.42 Å². The number of aryl methyl sites for hydroxylation is 1. The van der Waals surface area contributed by atoms with E-state index in [1.54, 1.807) is 48.5 Å². The summed E-state index contributed by atoms with van der Waals surface area (Å²) in [5.74, 6) is -0.194. The van der Waals surface area contributed by atoms with Crippen molar-refractivity contribution in [1.29, 1.82) is 0 Å². The molecule has 0 aromatic heterocycles. The molecule has 2 aromatic carbocycles. The first-order valence-electron chi connectivity index (χ1n) is 9.27. The number of rotatable bonds is 9. The average Bonchev–Trinajstić information content (AvgIpc) is 2.67. The Morgan fingerprint density at radius 2 is 1.68 bits per heavy atom. The average molecular weight is 405 g/mol. The monoisotopic (exact) mass is 404 g/mol. The number of hydrogen-bond donors (Lipinski definition) is 1. The molecule has 0 saturated heterocycles. The number of nitrogens with zero attached hydrogens (tertiary/aromatic N) is 1. The SMILES string of the molecule is Cc1ccc(S(=O)(=O)N(C)c2ccc(C(=O)NCCCOC(C)C)cc2)cc1. The second-order valence-corrected chi connectivity index (χ2v) is 8.83. The molecular formula is C21H28N2O4S. The number of hydrogen-bond acceptors (Lipinski definition) is 4. The van der Waals surface area contributed by atoms with Gasteiger partial charge in [0, 0.05) is 25.8 Å². The van der Waals surface area contributed by atoms with Crippen molar-refractivity contribution < 1.29 is 17.9 Å². The first kappa shape index (κ1) is 21.9. The number of anilines is 1. The van der Waals surface area contributed by atoms with Crippen LogP contribution in [-0.2, 0) is 14.8 Å². The van der Waals surface area contributed by atoms with Crippen molar-refractivity contribution in [3.63, 3.8) is 0 Å². The largest absolute Gasteiger partial charge is 0.379 e. The number of carbonyl (C=O) groups excluding carboxylic acids is 1. The summed E-state index contributed by atoms with van der Waals surface area (Å²) in [6.07, 6.45) is 0.913. The minimum atomic E-state index is -3.65. The number of benzene rings is 2. The number of carbonyl (C=O) groups is 1. The molecule has 0 aliphatic rings. The lowest BCUT2D eigenvalue weighted by Crippen LogP contribution is -2.27. The van der Waals surface area contributed by atoms with Gasteiger partial charge in [-0.1, -0.05) is 17.7 Å². The van der Waals surface area contributed by atoms with Crippen LogP contribution in [0.2, 0.25) is 0 Å². The molecule has 0 atom stereocenters.